The van der Waals surface area contributed by atoms with E-state index in [4.69, 9.17) is 16.7 Å². The molecule has 8 heteroatoms. The van der Waals surface area contributed by atoms with Gasteiger partial charge in [0.15, 0.2) is 5.16 Å². The van der Waals surface area contributed by atoms with Gasteiger partial charge in [0.25, 0.3) is 0 Å². The molecule has 1 N–H and O–H groups in total. The molecule has 1 aliphatic rings. The first kappa shape index (κ1) is 14.3. The van der Waals surface area contributed by atoms with Crippen molar-refractivity contribution in [3.63, 3.8) is 0 Å². The molecule has 5 nitrogen and oxygen atoms in total. The molecule has 1 aromatic carbocycles. The van der Waals surface area contributed by atoms with Crippen LogP contribution in [0.2, 0.25) is 5.02 Å². The van der Waals surface area contributed by atoms with Gasteiger partial charge in [-0.15, -0.1) is 10.2 Å². The van der Waals surface area contributed by atoms with Crippen molar-refractivity contribution < 1.29 is 14.3 Å². The van der Waals surface area contributed by atoms with Crippen LogP contribution >= 0.6 is 23.4 Å². The number of nitrogens with zero attached hydrogens (tertiary/aromatic N) is 3. The Morgan fingerprint density at radius 3 is 2.90 bits per heavy atom. The van der Waals surface area contributed by atoms with Crippen molar-refractivity contribution in [1.29, 1.82) is 0 Å². The van der Waals surface area contributed by atoms with Gasteiger partial charge in [0.1, 0.15) is 11.6 Å². The fraction of sp³-hybridized carbons (Fsp3) is 0.308. The molecule has 1 aliphatic carbocycles. The van der Waals surface area contributed by atoms with Gasteiger partial charge in [0.05, 0.1) is 16.5 Å². The number of carboxylic acids is 1. The summed E-state index contributed by atoms with van der Waals surface area (Å²) in [5.41, 5.74) is 0.441. The van der Waals surface area contributed by atoms with Crippen LogP contribution in [0.15, 0.2) is 23.4 Å². The number of rotatable bonds is 5. The number of halogens is 2. The normalized spacial score (nSPS) is 14.4. The summed E-state index contributed by atoms with van der Waals surface area (Å²) in [5, 5.41) is 17.7. The number of aromatic nitrogens is 3. The van der Waals surface area contributed by atoms with E-state index in [1.807, 2.05) is 0 Å². The molecule has 0 amide bonds. The van der Waals surface area contributed by atoms with E-state index in [2.05, 4.69) is 10.2 Å². The number of hydrogen-bond donors (Lipinski definition) is 1. The average molecular weight is 328 g/mol. The van der Waals surface area contributed by atoms with E-state index in [1.165, 1.54) is 18.2 Å². The summed E-state index contributed by atoms with van der Waals surface area (Å²) in [5.74, 6) is -0.534. The SMILES string of the molecule is O=C(O)CSc1nnc(C2CC2)n1-c1cc(F)ccc1Cl. The number of hydrogen-bond acceptors (Lipinski definition) is 4. The molecule has 0 aliphatic heterocycles. The van der Waals surface area contributed by atoms with Crippen LogP contribution in [0.5, 0.6) is 0 Å². The molecule has 110 valence electrons. The lowest BCUT2D eigenvalue weighted by molar-refractivity contribution is -0.133. The van der Waals surface area contributed by atoms with Crippen LogP contribution in [0.3, 0.4) is 0 Å². The molecule has 1 aromatic heterocycles. The van der Waals surface area contributed by atoms with Crippen molar-refractivity contribution in [2.75, 3.05) is 5.75 Å². The second kappa shape index (κ2) is 5.65. The molecule has 0 atom stereocenters. The van der Waals surface area contributed by atoms with Crippen LogP contribution in [0.4, 0.5) is 4.39 Å². The molecule has 0 radical (unpaired) electrons. The molecule has 21 heavy (non-hydrogen) atoms. The maximum Gasteiger partial charge on any atom is 0.313 e. The molecule has 1 heterocycles. The lowest BCUT2D eigenvalue weighted by Gasteiger charge is -2.11. The Labute approximate surface area is 129 Å². The smallest absolute Gasteiger partial charge is 0.313 e. The molecule has 0 unspecified atom stereocenters. The first-order valence-corrected chi connectivity index (χ1v) is 7.68. The Morgan fingerprint density at radius 1 is 1.48 bits per heavy atom. The van der Waals surface area contributed by atoms with Crippen molar-refractivity contribution >= 4 is 29.3 Å². The van der Waals surface area contributed by atoms with Crippen LogP contribution in [-0.4, -0.2) is 31.6 Å². The summed E-state index contributed by atoms with van der Waals surface area (Å²) in [6, 6.07) is 4.05. The molecule has 1 fully saturated rings. The van der Waals surface area contributed by atoms with E-state index < -0.39 is 11.8 Å². The van der Waals surface area contributed by atoms with E-state index in [9.17, 15) is 9.18 Å². The maximum atomic E-state index is 13.5. The molecule has 1 saturated carbocycles. The monoisotopic (exact) mass is 327 g/mol. The summed E-state index contributed by atoms with van der Waals surface area (Å²) in [6.45, 7) is 0. The zero-order valence-electron chi connectivity index (χ0n) is 10.8. The third kappa shape index (κ3) is 3.03. The minimum Gasteiger partial charge on any atom is -0.481 e. The molecule has 0 bridgehead atoms. The molecule has 0 spiro atoms. The van der Waals surface area contributed by atoms with Gasteiger partial charge in [-0.05, 0) is 31.0 Å². The Morgan fingerprint density at radius 2 is 2.24 bits per heavy atom. The predicted molar refractivity (Wildman–Crippen MR) is 76.7 cm³/mol. The van der Waals surface area contributed by atoms with E-state index in [1.54, 1.807) is 4.57 Å². The first-order chi connectivity index (χ1) is 10.1. The van der Waals surface area contributed by atoms with Gasteiger partial charge in [-0.1, -0.05) is 23.4 Å². The maximum absolute atomic E-state index is 13.5. The standard InChI is InChI=1S/C13H11ClFN3O2S/c14-9-4-3-8(15)5-10(9)18-12(7-1-2-7)16-17-13(18)21-6-11(19)20/h3-5,7H,1-2,6H2,(H,19,20). The zero-order valence-corrected chi connectivity index (χ0v) is 12.4. The van der Waals surface area contributed by atoms with Crippen molar-refractivity contribution in [3.8, 4) is 5.69 Å². The lowest BCUT2D eigenvalue weighted by atomic mass is 10.3. The second-order valence-corrected chi connectivity index (χ2v) is 6.08. The van der Waals surface area contributed by atoms with E-state index >= 15 is 0 Å². The van der Waals surface area contributed by atoms with Crippen LogP contribution in [0.1, 0.15) is 24.6 Å². The van der Waals surface area contributed by atoms with Crippen LogP contribution in [-0.2, 0) is 4.79 Å². The Hall–Kier alpha value is -1.60. The highest BCUT2D eigenvalue weighted by molar-refractivity contribution is 7.99. The van der Waals surface area contributed by atoms with Crippen molar-refractivity contribution in [2.45, 2.75) is 23.9 Å². The largest absolute Gasteiger partial charge is 0.481 e. The summed E-state index contributed by atoms with van der Waals surface area (Å²) in [6.07, 6.45) is 1.99. The summed E-state index contributed by atoms with van der Waals surface area (Å²) < 4.78 is 15.2. The molecule has 2 aromatic rings. The third-order valence-corrected chi connectivity index (χ3v) is 4.31. The zero-order chi connectivity index (χ0) is 15.0. The minimum atomic E-state index is -0.951. The second-order valence-electron chi connectivity index (χ2n) is 4.73. The summed E-state index contributed by atoms with van der Waals surface area (Å²) in [7, 11) is 0. The fourth-order valence-corrected chi connectivity index (χ4v) is 2.86. The van der Waals surface area contributed by atoms with Gasteiger partial charge < -0.3 is 5.11 Å². The number of benzene rings is 1. The first-order valence-electron chi connectivity index (χ1n) is 6.31. The van der Waals surface area contributed by atoms with Crippen LogP contribution < -0.4 is 0 Å². The van der Waals surface area contributed by atoms with Crippen molar-refractivity contribution in [3.05, 3.63) is 34.9 Å². The van der Waals surface area contributed by atoms with Gasteiger partial charge in [0, 0.05) is 5.92 Å². The van der Waals surface area contributed by atoms with Crippen molar-refractivity contribution in [2.24, 2.45) is 0 Å². The molecule has 0 saturated heterocycles. The number of thioether (sulfide) groups is 1. The molecule has 3 rings (SSSR count). The van der Waals surface area contributed by atoms with E-state index in [0.29, 0.717) is 21.7 Å². The van der Waals surface area contributed by atoms with Gasteiger partial charge in [-0.25, -0.2) is 4.39 Å². The van der Waals surface area contributed by atoms with E-state index in [-0.39, 0.29) is 11.7 Å². The highest BCUT2D eigenvalue weighted by Gasteiger charge is 2.31. The van der Waals surface area contributed by atoms with Gasteiger partial charge in [0.2, 0.25) is 0 Å². The number of carbonyl (C=O) groups is 1. The Balaban J connectivity index is 2.07. The third-order valence-electron chi connectivity index (χ3n) is 3.07. The van der Waals surface area contributed by atoms with E-state index in [0.717, 1.165) is 24.6 Å². The topological polar surface area (TPSA) is 68.0 Å². The fourth-order valence-electron chi connectivity index (χ4n) is 1.99. The van der Waals surface area contributed by atoms with Gasteiger partial charge in [-0.2, -0.15) is 0 Å². The highest BCUT2D eigenvalue weighted by atomic mass is 35.5. The number of aliphatic carboxylic acids is 1. The predicted octanol–water partition coefficient (Wildman–Crippen LogP) is 3.11. The van der Waals surface area contributed by atoms with Crippen molar-refractivity contribution in [1.82, 2.24) is 14.8 Å². The summed E-state index contributed by atoms with van der Waals surface area (Å²) in [4.78, 5) is 10.7. The highest BCUT2D eigenvalue weighted by Crippen LogP contribution is 2.42. The minimum absolute atomic E-state index is 0.143. The lowest BCUT2D eigenvalue weighted by Crippen LogP contribution is -2.05. The van der Waals surface area contributed by atoms with Crippen LogP contribution in [0.25, 0.3) is 5.69 Å². The van der Waals surface area contributed by atoms with Gasteiger partial charge in [-0.3, -0.25) is 9.36 Å². The Kier molecular flexibility index (Phi) is 3.86. The molecular weight excluding hydrogens is 317 g/mol. The van der Waals surface area contributed by atoms with Crippen LogP contribution in [0, 0.1) is 5.82 Å². The average Bonchev–Trinajstić information content (AvgIpc) is 3.20. The quantitative estimate of drug-likeness (QED) is 0.855. The summed E-state index contributed by atoms with van der Waals surface area (Å²) >= 11 is 7.19. The number of carboxylic acid groups (broad SMARTS) is 1. The molecular formula is C13H11ClFN3O2S. The Bertz CT molecular complexity index is 703. The van der Waals surface area contributed by atoms with Gasteiger partial charge >= 0.3 is 5.97 Å².